The third-order valence-electron chi connectivity index (χ3n) is 3.66. The molecule has 1 aliphatic heterocycles. The molecule has 0 saturated carbocycles. The van der Waals surface area contributed by atoms with E-state index in [-0.39, 0.29) is 12.1 Å². The lowest BCUT2D eigenvalue weighted by molar-refractivity contribution is -0.148. The number of alkyl halides is 3. The predicted octanol–water partition coefficient (Wildman–Crippen LogP) is 3.27. The first-order valence-corrected chi connectivity index (χ1v) is 6.95. The Labute approximate surface area is 117 Å². The van der Waals surface area contributed by atoms with Gasteiger partial charge in [-0.05, 0) is 51.9 Å². The number of likely N-dealkylation sites (tertiary alicyclic amines) is 1. The van der Waals surface area contributed by atoms with Gasteiger partial charge in [-0.15, -0.1) is 0 Å². The normalized spacial score (nSPS) is 20.2. The van der Waals surface area contributed by atoms with Crippen LogP contribution in [-0.2, 0) is 0 Å². The molecule has 0 aromatic carbocycles. The predicted molar refractivity (Wildman–Crippen MR) is 70.5 cm³/mol. The first kappa shape index (κ1) is 15.4. The summed E-state index contributed by atoms with van der Waals surface area (Å²) in [5, 5.41) is 3.43. The molecule has 6 heteroatoms. The molecule has 1 aromatic heterocycles. The molecule has 1 N–H and O–H groups in total. The van der Waals surface area contributed by atoms with Crippen molar-refractivity contribution in [3.63, 3.8) is 0 Å². The summed E-state index contributed by atoms with van der Waals surface area (Å²) in [6, 6.07) is 4.19. The van der Waals surface area contributed by atoms with E-state index in [0.717, 1.165) is 24.4 Å². The summed E-state index contributed by atoms with van der Waals surface area (Å²) in [5.41, 5.74) is 0. The van der Waals surface area contributed by atoms with Crippen LogP contribution in [0.5, 0.6) is 0 Å². The van der Waals surface area contributed by atoms with Gasteiger partial charge in [0.25, 0.3) is 0 Å². The summed E-state index contributed by atoms with van der Waals surface area (Å²) in [6.07, 6.45) is -2.63. The summed E-state index contributed by atoms with van der Waals surface area (Å²) in [4.78, 5) is 1.47. The van der Waals surface area contributed by atoms with Crippen LogP contribution in [0, 0.1) is 6.92 Å². The van der Waals surface area contributed by atoms with Crippen molar-refractivity contribution >= 4 is 0 Å². The molecule has 1 saturated heterocycles. The van der Waals surface area contributed by atoms with Gasteiger partial charge in [-0.3, -0.25) is 4.90 Å². The molecule has 3 nitrogen and oxygen atoms in total. The maximum Gasteiger partial charge on any atom is 0.401 e. The van der Waals surface area contributed by atoms with E-state index in [1.807, 2.05) is 26.0 Å². The first-order valence-electron chi connectivity index (χ1n) is 6.95. The minimum atomic E-state index is -4.10. The molecule has 20 heavy (non-hydrogen) atoms. The zero-order valence-corrected chi connectivity index (χ0v) is 11.8. The molecule has 114 valence electrons. The van der Waals surface area contributed by atoms with Crippen molar-refractivity contribution in [2.45, 2.75) is 44.9 Å². The number of rotatable bonds is 4. The van der Waals surface area contributed by atoms with Crippen molar-refractivity contribution in [2.75, 3.05) is 19.6 Å². The molecule has 1 aromatic rings. The lowest BCUT2D eigenvalue weighted by Gasteiger charge is -2.33. The number of aryl methyl sites for hydroxylation is 1. The average molecular weight is 290 g/mol. The van der Waals surface area contributed by atoms with E-state index < -0.39 is 12.7 Å². The number of furan rings is 1. The van der Waals surface area contributed by atoms with Crippen molar-refractivity contribution in [1.82, 2.24) is 10.2 Å². The first-order chi connectivity index (χ1) is 9.33. The van der Waals surface area contributed by atoms with Gasteiger partial charge < -0.3 is 9.73 Å². The molecular weight excluding hydrogens is 269 g/mol. The molecule has 2 heterocycles. The van der Waals surface area contributed by atoms with E-state index in [4.69, 9.17) is 4.42 Å². The molecule has 0 bridgehead atoms. The van der Waals surface area contributed by atoms with Crippen LogP contribution in [0.15, 0.2) is 16.5 Å². The minimum absolute atomic E-state index is 0.0860. The van der Waals surface area contributed by atoms with Crippen molar-refractivity contribution in [2.24, 2.45) is 0 Å². The zero-order valence-electron chi connectivity index (χ0n) is 11.8. The Bertz CT molecular complexity index is 422. The molecule has 0 spiro atoms. The number of halogens is 3. The van der Waals surface area contributed by atoms with Crippen molar-refractivity contribution in [3.05, 3.63) is 23.7 Å². The van der Waals surface area contributed by atoms with E-state index in [2.05, 4.69) is 5.32 Å². The third-order valence-corrected chi connectivity index (χ3v) is 3.66. The zero-order chi connectivity index (χ0) is 14.8. The van der Waals surface area contributed by atoms with Crippen LogP contribution in [0.3, 0.4) is 0 Å². The summed E-state index contributed by atoms with van der Waals surface area (Å²) >= 11 is 0. The van der Waals surface area contributed by atoms with Gasteiger partial charge in [0.15, 0.2) is 0 Å². The average Bonchev–Trinajstić information content (AvgIpc) is 2.77. The standard InChI is InChI=1S/C14H21F3N2O/c1-10-3-4-13(20-10)11(2)18-12-5-7-19(8-6-12)9-14(15,16)17/h3-4,11-12,18H,5-9H2,1-2H3. The maximum atomic E-state index is 12.3. The fourth-order valence-corrected chi connectivity index (χ4v) is 2.63. The summed E-state index contributed by atoms with van der Waals surface area (Å²) in [5.74, 6) is 1.74. The van der Waals surface area contributed by atoms with E-state index in [1.54, 1.807) is 0 Å². The van der Waals surface area contributed by atoms with Crippen LogP contribution in [0.25, 0.3) is 0 Å². The van der Waals surface area contributed by atoms with E-state index >= 15 is 0 Å². The monoisotopic (exact) mass is 290 g/mol. The largest absolute Gasteiger partial charge is 0.465 e. The van der Waals surface area contributed by atoms with E-state index in [1.165, 1.54) is 4.90 Å². The van der Waals surface area contributed by atoms with Crippen LogP contribution < -0.4 is 5.32 Å². The number of nitrogens with one attached hydrogen (secondary N) is 1. The molecule has 0 aliphatic carbocycles. The molecule has 1 fully saturated rings. The number of piperidine rings is 1. The quantitative estimate of drug-likeness (QED) is 0.922. The van der Waals surface area contributed by atoms with Crippen LogP contribution in [-0.4, -0.2) is 36.8 Å². The minimum Gasteiger partial charge on any atom is -0.465 e. The Morgan fingerprint density at radius 2 is 2.00 bits per heavy atom. The molecule has 1 aliphatic rings. The third kappa shape index (κ3) is 4.52. The summed E-state index contributed by atoms with van der Waals surface area (Å²) in [6.45, 7) is 4.08. The smallest absolute Gasteiger partial charge is 0.401 e. The number of nitrogens with zero attached hydrogens (tertiary/aromatic N) is 1. The van der Waals surface area contributed by atoms with Gasteiger partial charge in [0.1, 0.15) is 11.5 Å². The number of hydrogen-bond donors (Lipinski definition) is 1. The van der Waals surface area contributed by atoms with Gasteiger partial charge in [-0.2, -0.15) is 13.2 Å². The van der Waals surface area contributed by atoms with Gasteiger partial charge in [0, 0.05) is 6.04 Å². The lowest BCUT2D eigenvalue weighted by Crippen LogP contribution is -2.46. The summed E-state index contributed by atoms with van der Waals surface area (Å²) in [7, 11) is 0. The molecule has 0 radical (unpaired) electrons. The topological polar surface area (TPSA) is 28.4 Å². The Kier molecular flexibility index (Phi) is 4.75. The van der Waals surface area contributed by atoms with Gasteiger partial charge in [0.05, 0.1) is 12.6 Å². The molecule has 0 amide bonds. The summed E-state index contributed by atoms with van der Waals surface area (Å²) < 4.78 is 42.5. The van der Waals surface area contributed by atoms with Gasteiger partial charge >= 0.3 is 6.18 Å². The Morgan fingerprint density at radius 3 is 2.50 bits per heavy atom. The second-order valence-electron chi connectivity index (χ2n) is 5.50. The van der Waals surface area contributed by atoms with Gasteiger partial charge in [-0.1, -0.05) is 0 Å². The van der Waals surface area contributed by atoms with E-state index in [9.17, 15) is 13.2 Å². The highest BCUT2D eigenvalue weighted by Crippen LogP contribution is 2.22. The molecule has 1 atom stereocenters. The highest BCUT2D eigenvalue weighted by Gasteiger charge is 2.32. The molecular formula is C14H21F3N2O. The second-order valence-corrected chi connectivity index (χ2v) is 5.50. The Balaban J connectivity index is 1.77. The Morgan fingerprint density at radius 1 is 1.35 bits per heavy atom. The number of hydrogen-bond acceptors (Lipinski definition) is 3. The fraction of sp³-hybridized carbons (Fsp3) is 0.714. The van der Waals surface area contributed by atoms with Crippen molar-refractivity contribution < 1.29 is 17.6 Å². The second kappa shape index (κ2) is 6.18. The van der Waals surface area contributed by atoms with E-state index in [0.29, 0.717) is 13.1 Å². The van der Waals surface area contributed by atoms with Gasteiger partial charge in [-0.25, -0.2) is 0 Å². The van der Waals surface area contributed by atoms with Crippen LogP contribution >= 0.6 is 0 Å². The molecule has 2 rings (SSSR count). The maximum absolute atomic E-state index is 12.3. The lowest BCUT2D eigenvalue weighted by atomic mass is 10.0. The molecule has 1 unspecified atom stereocenters. The highest BCUT2D eigenvalue weighted by atomic mass is 19.4. The van der Waals surface area contributed by atoms with Crippen molar-refractivity contribution in [1.29, 1.82) is 0 Å². The van der Waals surface area contributed by atoms with Gasteiger partial charge in [0.2, 0.25) is 0 Å². The SMILES string of the molecule is Cc1ccc(C(C)NC2CCN(CC(F)(F)F)CC2)o1. The van der Waals surface area contributed by atoms with Crippen LogP contribution in [0.2, 0.25) is 0 Å². The highest BCUT2D eigenvalue weighted by molar-refractivity contribution is 5.09. The fourth-order valence-electron chi connectivity index (χ4n) is 2.63. The van der Waals surface area contributed by atoms with Crippen LogP contribution in [0.1, 0.15) is 37.3 Å². The Hall–Kier alpha value is -1.01. The van der Waals surface area contributed by atoms with Crippen molar-refractivity contribution in [3.8, 4) is 0 Å². The van der Waals surface area contributed by atoms with Crippen LogP contribution in [0.4, 0.5) is 13.2 Å².